The highest BCUT2D eigenvalue weighted by Crippen LogP contribution is 2.26. The molecule has 2 aliphatic rings. The number of hydrogen-bond acceptors (Lipinski definition) is 3. The second kappa shape index (κ2) is 7.52. The van der Waals surface area contributed by atoms with Crippen molar-refractivity contribution in [2.24, 2.45) is 5.92 Å². The smallest absolute Gasteiger partial charge is 0.225 e. The summed E-state index contributed by atoms with van der Waals surface area (Å²) in [5, 5.41) is 0. The highest BCUT2D eigenvalue weighted by Gasteiger charge is 2.29. The van der Waals surface area contributed by atoms with Gasteiger partial charge in [0.05, 0.1) is 0 Å². The summed E-state index contributed by atoms with van der Waals surface area (Å²) in [6.45, 7) is 5.40. The maximum absolute atomic E-state index is 12.8. The van der Waals surface area contributed by atoms with Crippen LogP contribution in [0.3, 0.4) is 0 Å². The molecule has 1 aromatic carbocycles. The number of nitrogens with zero attached hydrogens (tertiary/aromatic N) is 4. The van der Waals surface area contributed by atoms with Crippen LogP contribution in [0, 0.1) is 12.8 Å². The number of rotatable bonds is 3. The van der Waals surface area contributed by atoms with Crippen LogP contribution in [0.4, 0.5) is 5.95 Å². The minimum absolute atomic E-state index is 0.268. The van der Waals surface area contributed by atoms with Crippen LogP contribution < -0.4 is 4.90 Å². The van der Waals surface area contributed by atoms with Gasteiger partial charge in [0.2, 0.25) is 11.9 Å². The molecule has 2 fully saturated rings. The van der Waals surface area contributed by atoms with Gasteiger partial charge in [0.1, 0.15) is 0 Å². The van der Waals surface area contributed by atoms with Gasteiger partial charge in [-0.2, -0.15) is 0 Å². The number of amides is 1. The molecule has 1 aliphatic carbocycles. The summed E-state index contributed by atoms with van der Waals surface area (Å²) in [4.78, 5) is 21.7. The van der Waals surface area contributed by atoms with Gasteiger partial charge in [-0.05, 0) is 31.9 Å². The number of imidazole rings is 1. The fourth-order valence-corrected chi connectivity index (χ4v) is 4.17. The van der Waals surface area contributed by atoms with Gasteiger partial charge in [-0.3, -0.25) is 9.36 Å². The lowest BCUT2D eigenvalue weighted by molar-refractivity contribution is -0.136. The lowest BCUT2D eigenvalue weighted by Gasteiger charge is -2.37. The van der Waals surface area contributed by atoms with Crippen LogP contribution in [-0.4, -0.2) is 46.5 Å². The van der Waals surface area contributed by atoms with Crippen molar-refractivity contribution in [2.45, 2.75) is 39.0 Å². The first-order valence-electron chi connectivity index (χ1n) is 9.86. The monoisotopic (exact) mass is 352 g/mol. The Morgan fingerprint density at radius 3 is 2.38 bits per heavy atom. The average Bonchev–Trinajstić information content (AvgIpc) is 3.19. The minimum Gasteiger partial charge on any atom is -0.339 e. The third-order valence-electron chi connectivity index (χ3n) is 5.76. The zero-order valence-electron chi connectivity index (χ0n) is 15.6. The third-order valence-corrected chi connectivity index (χ3v) is 5.76. The number of aromatic nitrogens is 2. The average molecular weight is 352 g/mol. The molecule has 0 N–H and O–H groups in total. The Morgan fingerprint density at radius 1 is 1.00 bits per heavy atom. The maximum Gasteiger partial charge on any atom is 0.225 e. The lowest BCUT2D eigenvalue weighted by Crippen LogP contribution is -2.51. The van der Waals surface area contributed by atoms with Crippen LogP contribution in [-0.2, 0) is 4.79 Å². The molecule has 1 saturated carbocycles. The molecule has 1 aliphatic heterocycles. The standard InChI is InChI=1S/C21H28N4O/c1-17-7-9-19(10-8-17)25-12-11-22-21(25)24-15-13-23(14-16-24)20(26)18-5-3-2-4-6-18/h7-12,18H,2-6,13-16H2,1H3. The van der Waals surface area contributed by atoms with Crippen molar-refractivity contribution in [2.75, 3.05) is 31.1 Å². The van der Waals surface area contributed by atoms with Crippen molar-refractivity contribution >= 4 is 11.9 Å². The first-order valence-corrected chi connectivity index (χ1v) is 9.86. The summed E-state index contributed by atoms with van der Waals surface area (Å²) in [6, 6.07) is 8.51. The van der Waals surface area contributed by atoms with E-state index in [1.165, 1.54) is 24.8 Å². The summed E-state index contributed by atoms with van der Waals surface area (Å²) in [6.07, 6.45) is 9.75. The van der Waals surface area contributed by atoms with E-state index in [2.05, 4.69) is 50.5 Å². The molecule has 5 heteroatoms. The molecule has 1 amide bonds. The first kappa shape index (κ1) is 17.1. The molecular weight excluding hydrogens is 324 g/mol. The van der Waals surface area contributed by atoms with Crippen molar-refractivity contribution in [1.29, 1.82) is 0 Å². The van der Waals surface area contributed by atoms with Gasteiger partial charge in [0.25, 0.3) is 0 Å². The summed E-state index contributed by atoms with van der Waals surface area (Å²) in [5.74, 6) is 1.62. The van der Waals surface area contributed by atoms with Crippen LogP contribution >= 0.6 is 0 Å². The van der Waals surface area contributed by atoms with Crippen LogP contribution in [0.15, 0.2) is 36.7 Å². The van der Waals surface area contributed by atoms with Gasteiger partial charge in [-0.25, -0.2) is 4.98 Å². The van der Waals surface area contributed by atoms with Gasteiger partial charge in [0.15, 0.2) is 0 Å². The second-order valence-corrected chi connectivity index (χ2v) is 7.58. The van der Waals surface area contributed by atoms with Crippen LogP contribution in [0.5, 0.6) is 0 Å². The molecule has 26 heavy (non-hydrogen) atoms. The van der Waals surface area contributed by atoms with Crippen molar-refractivity contribution in [3.8, 4) is 5.69 Å². The Bertz CT molecular complexity index is 738. The Hall–Kier alpha value is -2.30. The number of piperazine rings is 1. The highest BCUT2D eigenvalue weighted by atomic mass is 16.2. The molecule has 138 valence electrons. The zero-order chi connectivity index (χ0) is 17.9. The van der Waals surface area contributed by atoms with Crippen molar-refractivity contribution in [1.82, 2.24) is 14.5 Å². The van der Waals surface area contributed by atoms with E-state index in [9.17, 15) is 4.79 Å². The molecule has 4 rings (SSSR count). The molecule has 5 nitrogen and oxygen atoms in total. The van der Waals surface area contributed by atoms with Crippen molar-refractivity contribution in [3.63, 3.8) is 0 Å². The van der Waals surface area contributed by atoms with Crippen LogP contribution in [0.25, 0.3) is 5.69 Å². The fraction of sp³-hybridized carbons (Fsp3) is 0.524. The molecular formula is C21H28N4O. The van der Waals surface area contributed by atoms with E-state index in [0.717, 1.165) is 50.7 Å². The van der Waals surface area contributed by atoms with Crippen LogP contribution in [0.1, 0.15) is 37.7 Å². The van der Waals surface area contributed by atoms with Gasteiger partial charge < -0.3 is 9.80 Å². The summed E-state index contributed by atoms with van der Waals surface area (Å²) in [7, 11) is 0. The predicted molar refractivity (Wildman–Crippen MR) is 104 cm³/mol. The van der Waals surface area contributed by atoms with E-state index in [1.54, 1.807) is 0 Å². The summed E-state index contributed by atoms with van der Waals surface area (Å²) in [5.41, 5.74) is 2.38. The van der Waals surface area contributed by atoms with Gasteiger partial charge in [0, 0.05) is 50.2 Å². The fourth-order valence-electron chi connectivity index (χ4n) is 4.17. The van der Waals surface area contributed by atoms with Crippen molar-refractivity contribution < 1.29 is 4.79 Å². The Balaban J connectivity index is 1.42. The molecule has 2 aromatic rings. The second-order valence-electron chi connectivity index (χ2n) is 7.58. The quantitative estimate of drug-likeness (QED) is 0.850. The topological polar surface area (TPSA) is 41.4 Å². The Kier molecular flexibility index (Phi) is 4.96. The molecule has 0 radical (unpaired) electrons. The summed E-state index contributed by atoms with van der Waals surface area (Å²) < 4.78 is 2.14. The molecule has 1 saturated heterocycles. The SMILES string of the molecule is Cc1ccc(-n2ccnc2N2CCN(C(=O)C3CCCCC3)CC2)cc1. The zero-order valence-corrected chi connectivity index (χ0v) is 15.6. The number of hydrogen-bond donors (Lipinski definition) is 0. The number of benzene rings is 1. The van der Waals surface area contributed by atoms with Crippen LogP contribution in [0.2, 0.25) is 0 Å². The molecule has 1 aromatic heterocycles. The molecule has 0 spiro atoms. The lowest BCUT2D eigenvalue weighted by atomic mass is 9.88. The first-order chi connectivity index (χ1) is 12.7. The summed E-state index contributed by atoms with van der Waals surface area (Å²) >= 11 is 0. The Morgan fingerprint density at radius 2 is 1.69 bits per heavy atom. The normalized spacial score (nSPS) is 19.0. The molecule has 0 unspecified atom stereocenters. The number of carbonyl (C=O) groups excluding carboxylic acids is 1. The number of anilines is 1. The molecule has 0 atom stereocenters. The van der Waals surface area contributed by atoms with E-state index in [4.69, 9.17) is 0 Å². The van der Waals surface area contributed by atoms with Crippen molar-refractivity contribution in [3.05, 3.63) is 42.2 Å². The van der Waals surface area contributed by atoms with E-state index in [0.29, 0.717) is 5.91 Å². The molecule has 0 bridgehead atoms. The maximum atomic E-state index is 12.8. The van der Waals surface area contributed by atoms with E-state index in [1.807, 2.05) is 12.4 Å². The third kappa shape index (κ3) is 3.48. The highest BCUT2D eigenvalue weighted by molar-refractivity contribution is 5.79. The largest absolute Gasteiger partial charge is 0.339 e. The van der Waals surface area contributed by atoms with Gasteiger partial charge >= 0.3 is 0 Å². The van der Waals surface area contributed by atoms with E-state index >= 15 is 0 Å². The van der Waals surface area contributed by atoms with Gasteiger partial charge in [-0.15, -0.1) is 0 Å². The minimum atomic E-state index is 0.268. The molecule has 2 heterocycles. The Labute approximate surface area is 155 Å². The van der Waals surface area contributed by atoms with E-state index < -0.39 is 0 Å². The number of aryl methyl sites for hydroxylation is 1. The van der Waals surface area contributed by atoms with Gasteiger partial charge in [-0.1, -0.05) is 37.0 Å². The van der Waals surface area contributed by atoms with E-state index in [-0.39, 0.29) is 5.92 Å². The number of carbonyl (C=O) groups is 1. The predicted octanol–water partition coefficient (Wildman–Crippen LogP) is 3.41.